The molecule has 3 aromatic rings. The topological polar surface area (TPSA) is 66.2 Å². The molecule has 8 heteroatoms. The summed E-state index contributed by atoms with van der Waals surface area (Å²) < 4.78 is 6.28. The Morgan fingerprint density at radius 2 is 2.02 bits per heavy atom. The van der Waals surface area contributed by atoms with Crippen molar-refractivity contribution in [2.75, 3.05) is 51.3 Å². The Labute approximate surface area is 248 Å². The van der Waals surface area contributed by atoms with Gasteiger partial charge in [-0.2, -0.15) is 9.97 Å². The van der Waals surface area contributed by atoms with Gasteiger partial charge in [0.25, 0.3) is 0 Å². The number of likely N-dealkylation sites (tertiary alicyclic amines) is 1. The second-order valence-electron chi connectivity index (χ2n) is 12.8. The van der Waals surface area contributed by atoms with Gasteiger partial charge in [-0.25, -0.2) is 6.57 Å². The lowest BCUT2D eigenvalue weighted by molar-refractivity contribution is -0.128. The van der Waals surface area contributed by atoms with E-state index in [9.17, 15) is 4.79 Å². The number of piperazine rings is 1. The first kappa shape index (κ1) is 28.2. The predicted molar refractivity (Wildman–Crippen MR) is 167 cm³/mol. The highest BCUT2D eigenvalue weighted by Gasteiger charge is 2.34. The standard InChI is InChI=1S/C34H40N6O2/c1-6-31(41)40-16-15-39(21-26(40)20-35-4)32-28-13-12-23(27-11-7-9-24-18-34(2,3)19-29(24)27)17-30(28)36-33(37-32)42-22-25-10-8-14-38(25)5/h6-7,9,11-13,17,25-26H,1,8,10,14-16,18-22H2,2-3,5H3/t25-,26-/m0/s1. The summed E-state index contributed by atoms with van der Waals surface area (Å²) in [7, 11) is 2.14. The number of carbonyl (C=O) groups excluding carboxylic acids is 1. The van der Waals surface area contributed by atoms with Crippen molar-refractivity contribution in [1.29, 1.82) is 0 Å². The van der Waals surface area contributed by atoms with Crippen LogP contribution in [0.3, 0.4) is 0 Å². The monoisotopic (exact) mass is 564 g/mol. The van der Waals surface area contributed by atoms with Crippen molar-refractivity contribution in [3.05, 3.63) is 71.6 Å². The average Bonchev–Trinajstić information content (AvgIpc) is 3.54. The van der Waals surface area contributed by atoms with E-state index in [0.717, 1.165) is 48.1 Å². The van der Waals surface area contributed by atoms with E-state index in [1.807, 2.05) is 0 Å². The molecule has 1 amide bonds. The molecule has 2 atom stereocenters. The molecule has 1 aliphatic carbocycles. The molecule has 2 aliphatic heterocycles. The summed E-state index contributed by atoms with van der Waals surface area (Å²) in [5.41, 5.74) is 6.38. The largest absolute Gasteiger partial charge is 0.462 e. The zero-order valence-electron chi connectivity index (χ0n) is 25.0. The van der Waals surface area contributed by atoms with Crippen LogP contribution in [-0.2, 0) is 17.6 Å². The van der Waals surface area contributed by atoms with E-state index < -0.39 is 0 Å². The van der Waals surface area contributed by atoms with Gasteiger partial charge in [0.1, 0.15) is 18.5 Å². The van der Waals surface area contributed by atoms with E-state index >= 15 is 0 Å². The third-order valence-corrected chi connectivity index (χ3v) is 9.18. The minimum Gasteiger partial charge on any atom is -0.462 e. The highest BCUT2D eigenvalue weighted by molar-refractivity contribution is 5.93. The Hall–Kier alpha value is -3.96. The minimum absolute atomic E-state index is 0.135. The Kier molecular flexibility index (Phi) is 7.63. The van der Waals surface area contributed by atoms with Crippen LogP contribution in [0.5, 0.6) is 6.01 Å². The maximum absolute atomic E-state index is 12.5. The first-order valence-electron chi connectivity index (χ1n) is 15.0. The van der Waals surface area contributed by atoms with E-state index in [1.165, 1.54) is 29.2 Å². The molecule has 0 N–H and O–H groups in total. The van der Waals surface area contributed by atoms with Gasteiger partial charge in [-0.05, 0) is 85.2 Å². The number of benzene rings is 2. The van der Waals surface area contributed by atoms with Gasteiger partial charge < -0.3 is 24.3 Å². The lowest BCUT2D eigenvalue weighted by Crippen LogP contribution is -2.56. The maximum atomic E-state index is 12.5. The fourth-order valence-electron chi connectivity index (χ4n) is 6.98. The molecular formula is C34H40N6O2. The molecule has 0 unspecified atom stereocenters. The van der Waals surface area contributed by atoms with Gasteiger partial charge in [0.05, 0.1) is 5.52 Å². The quantitative estimate of drug-likeness (QED) is 0.297. The zero-order chi connectivity index (χ0) is 29.4. The first-order valence-corrected chi connectivity index (χ1v) is 15.0. The first-order chi connectivity index (χ1) is 20.3. The van der Waals surface area contributed by atoms with Crippen LogP contribution in [0.1, 0.15) is 37.8 Å². The van der Waals surface area contributed by atoms with Gasteiger partial charge in [0.2, 0.25) is 12.5 Å². The summed E-state index contributed by atoms with van der Waals surface area (Å²) in [5.74, 6) is 0.658. The van der Waals surface area contributed by atoms with Crippen LogP contribution in [0.25, 0.3) is 26.9 Å². The third-order valence-electron chi connectivity index (χ3n) is 9.18. The number of likely N-dealkylation sites (N-methyl/N-ethyl adjacent to an activating group) is 1. The highest BCUT2D eigenvalue weighted by atomic mass is 16.5. The lowest BCUT2D eigenvalue weighted by atomic mass is 9.89. The molecule has 0 spiro atoms. The molecule has 0 bridgehead atoms. The molecule has 6 rings (SSSR count). The summed E-state index contributed by atoms with van der Waals surface area (Å²) in [6.45, 7) is 19.3. The summed E-state index contributed by atoms with van der Waals surface area (Å²) in [5, 5.41) is 0.946. The molecular weight excluding hydrogens is 524 g/mol. The number of aromatic nitrogens is 2. The minimum atomic E-state index is -0.238. The van der Waals surface area contributed by atoms with Crippen LogP contribution in [-0.4, -0.2) is 84.1 Å². The number of nitrogens with zero attached hydrogens (tertiary/aromatic N) is 6. The number of ether oxygens (including phenoxy) is 1. The van der Waals surface area contributed by atoms with Crippen LogP contribution in [0.15, 0.2) is 49.1 Å². The van der Waals surface area contributed by atoms with Crippen LogP contribution in [0.2, 0.25) is 0 Å². The van der Waals surface area contributed by atoms with Crippen molar-refractivity contribution in [2.45, 2.75) is 51.6 Å². The number of hydrogen-bond acceptors (Lipinski definition) is 6. The van der Waals surface area contributed by atoms with Gasteiger partial charge in [-0.15, -0.1) is 0 Å². The van der Waals surface area contributed by atoms with Crippen molar-refractivity contribution >= 4 is 22.6 Å². The van der Waals surface area contributed by atoms with Crippen LogP contribution in [0.4, 0.5) is 5.82 Å². The molecule has 8 nitrogen and oxygen atoms in total. The molecule has 3 heterocycles. The van der Waals surface area contributed by atoms with E-state index in [0.29, 0.717) is 38.3 Å². The molecule has 2 fully saturated rings. The fourth-order valence-corrected chi connectivity index (χ4v) is 6.98. The zero-order valence-corrected chi connectivity index (χ0v) is 25.0. The Bertz CT molecular complexity index is 1560. The summed E-state index contributed by atoms with van der Waals surface area (Å²) in [6, 6.07) is 13.6. The smallest absolute Gasteiger partial charge is 0.319 e. The number of hydrogen-bond donors (Lipinski definition) is 0. The van der Waals surface area contributed by atoms with Crippen LogP contribution in [0, 0.1) is 12.0 Å². The van der Waals surface area contributed by atoms with Crippen LogP contribution < -0.4 is 9.64 Å². The molecule has 0 saturated carbocycles. The van der Waals surface area contributed by atoms with Crippen LogP contribution >= 0.6 is 0 Å². The summed E-state index contributed by atoms with van der Waals surface area (Å²) in [6.07, 6.45) is 5.77. The summed E-state index contributed by atoms with van der Waals surface area (Å²) >= 11 is 0. The average molecular weight is 565 g/mol. The van der Waals surface area contributed by atoms with E-state index in [1.54, 1.807) is 4.90 Å². The van der Waals surface area contributed by atoms with Crippen molar-refractivity contribution in [3.8, 4) is 17.1 Å². The van der Waals surface area contributed by atoms with E-state index in [2.05, 4.69) is 78.5 Å². The van der Waals surface area contributed by atoms with Crippen molar-refractivity contribution in [2.24, 2.45) is 5.41 Å². The number of anilines is 1. The predicted octanol–water partition coefficient (Wildman–Crippen LogP) is 5.02. The van der Waals surface area contributed by atoms with Gasteiger partial charge in [-0.1, -0.05) is 44.7 Å². The number of rotatable bonds is 7. The lowest BCUT2D eigenvalue weighted by Gasteiger charge is -2.39. The Morgan fingerprint density at radius 3 is 2.79 bits per heavy atom. The third kappa shape index (κ3) is 5.46. The molecule has 3 aliphatic rings. The number of amides is 1. The summed E-state index contributed by atoms with van der Waals surface area (Å²) in [4.78, 5) is 32.3. The van der Waals surface area contributed by atoms with E-state index in [4.69, 9.17) is 21.3 Å². The second kappa shape index (κ2) is 11.4. The molecule has 1 aromatic heterocycles. The van der Waals surface area contributed by atoms with Gasteiger partial charge in [0, 0.05) is 31.1 Å². The van der Waals surface area contributed by atoms with Crippen molar-refractivity contribution < 1.29 is 9.53 Å². The molecule has 0 radical (unpaired) electrons. The SMILES string of the molecule is [C-]#[N+]C[C@H]1CN(c2nc(OC[C@@H]3CCCN3C)nc3cc(-c4cccc5c4CC(C)(C)C5)ccc23)CCN1C(=O)C=C. The number of fused-ring (bicyclic) bond motifs is 2. The second-order valence-corrected chi connectivity index (χ2v) is 12.8. The van der Waals surface area contributed by atoms with Crippen molar-refractivity contribution in [3.63, 3.8) is 0 Å². The van der Waals surface area contributed by atoms with Gasteiger partial charge in [0.15, 0.2) is 0 Å². The van der Waals surface area contributed by atoms with Gasteiger partial charge in [-0.3, -0.25) is 4.79 Å². The van der Waals surface area contributed by atoms with Gasteiger partial charge >= 0.3 is 6.01 Å². The molecule has 218 valence electrons. The Morgan fingerprint density at radius 1 is 1.17 bits per heavy atom. The van der Waals surface area contributed by atoms with Crippen molar-refractivity contribution in [1.82, 2.24) is 19.8 Å². The maximum Gasteiger partial charge on any atom is 0.319 e. The fraction of sp³-hybridized carbons (Fsp3) is 0.471. The normalized spacial score (nSPS) is 21.8. The molecule has 2 saturated heterocycles. The molecule has 2 aromatic carbocycles. The highest BCUT2D eigenvalue weighted by Crippen LogP contribution is 2.42. The molecule has 42 heavy (non-hydrogen) atoms. The van der Waals surface area contributed by atoms with E-state index in [-0.39, 0.29) is 23.9 Å². The Balaban J connectivity index is 1.39. The number of carbonyl (C=O) groups is 1.